The highest BCUT2D eigenvalue weighted by atomic mass is 15.1. The van der Waals surface area contributed by atoms with E-state index in [0.717, 1.165) is 17.5 Å². The molecular weight excluding hydrogens is 220 g/mol. The fourth-order valence-corrected chi connectivity index (χ4v) is 2.88. The second-order valence-corrected chi connectivity index (χ2v) is 6.08. The average molecular weight is 246 g/mol. The maximum Gasteiger partial charge on any atom is 0.0314 e. The van der Waals surface area contributed by atoms with Crippen LogP contribution in [0, 0.1) is 11.8 Å². The van der Waals surface area contributed by atoms with Crippen molar-refractivity contribution in [3.05, 3.63) is 29.8 Å². The topological polar surface area (TPSA) is 29.3 Å². The van der Waals surface area contributed by atoms with Gasteiger partial charge in [0, 0.05) is 12.2 Å². The van der Waals surface area contributed by atoms with Crippen molar-refractivity contribution in [2.45, 2.75) is 33.1 Å². The van der Waals surface area contributed by atoms with Crippen LogP contribution in [0.4, 0.5) is 5.69 Å². The number of nitrogen functional groups attached to an aromatic ring is 1. The molecule has 1 saturated heterocycles. The number of rotatable bonds is 4. The summed E-state index contributed by atoms with van der Waals surface area (Å²) in [6.07, 6.45) is 3.91. The molecule has 1 aromatic carbocycles. The molecule has 0 bridgehead atoms. The Morgan fingerprint density at radius 2 is 1.78 bits per heavy atom. The van der Waals surface area contributed by atoms with Crippen LogP contribution in [0.5, 0.6) is 0 Å². The zero-order valence-electron chi connectivity index (χ0n) is 11.7. The molecule has 0 aliphatic carbocycles. The normalized spacial score (nSPS) is 18.4. The Kier molecular flexibility index (Phi) is 4.65. The van der Waals surface area contributed by atoms with Gasteiger partial charge in [-0.1, -0.05) is 26.0 Å². The first-order valence-electron chi connectivity index (χ1n) is 7.20. The summed E-state index contributed by atoms with van der Waals surface area (Å²) in [5, 5.41) is 0. The molecule has 0 spiro atoms. The van der Waals surface area contributed by atoms with Crippen molar-refractivity contribution in [3.8, 4) is 0 Å². The van der Waals surface area contributed by atoms with E-state index in [9.17, 15) is 0 Å². The van der Waals surface area contributed by atoms with Gasteiger partial charge in [0.05, 0.1) is 0 Å². The molecule has 1 aliphatic heterocycles. The van der Waals surface area contributed by atoms with Gasteiger partial charge in [-0.15, -0.1) is 0 Å². The number of nitrogens with zero attached hydrogens (tertiary/aromatic N) is 1. The molecule has 0 radical (unpaired) electrons. The first-order valence-corrected chi connectivity index (χ1v) is 7.20. The second-order valence-electron chi connectivity index (χ2n) is 6.08. The highest BCUT2D eigenvalue weighted by Gasteiger charge is 2.19. The SMILES string of the molecule is CC(C)CN1CCC(Cc2ccc(N)cc2)CC1. The Labute approximate surface area is 111 Å². The van der Waals surface area contributed by atoms with Crippen LogP contribution in [0.25, 0.3) is 0 Å². The molecule has 100 valence electrons. The van der Waals surface area contributed by atoms with Crippen molar-refractivity contribution in [1.29, 1.82) is 0 Å². The van der Waals surface area contributed by atoms with Gasteiger partial charge in [-0.2, -0.15) is 0 Å². The van der Waals surface area contributed by atoms with E-state index in [2.05, 4.69) is 30.9 Å². The van der Waals surface area contributed by atoms with Gasteiger partial charge in [0.25, 0.3) is 0 Å². The van der Waals surface area contributed by atoms with Gasteiger partial charge in [0.15, 0.2) is 0 Å². The predicted molar refractivity (Wildman–Crippen MR) is 78.6 cm³/mol. The van der Waals surface area contributed by atoms with E-state index in [-0.39, 0.29) is 0 Å². The summed E-state index contributed by atoms with van der Waals surface area (Å²) >= 11 is 0. The van der Waals surface area contributed by atoms with E-state index in [1.807, 2.05) is 12.1 Å². The molecule has 2 rings (SSSR count). The number of benzene rings is 1. The van der Waals surface area contributed by atoms with Crippen molar-refractivity contribution >= 4 is 5.69 Å². The summed E-state index contributed by atoms with van der Waals surface area (Å²) in [5.74, 6) is 1.65. The van der Waals surface area contributed by atoms with Crippen LogP contribution in [0.3, 0.4) is 0 Å². The van der Waals surface area contributed by atoms with E-state index in [0.29, 0.717) is 0 Å². The summed E-state index contributed by atoms with van der Waals surface area (Å²) in [6.45, 7) is 8.42. The molecule has 0 amide bonds. The predicted octanol–water partition coefficient (Wildman–Crippen LogP) is 3.18. The summed E-state index contributed by atoms with van der Waals surface area (Å²) in [6, 6.07) is 8.39. The number of nitrogens with two attached hydrogens (primary N) is 1. The van der Waals surface area contributed by atoms with Gasteiger partial charge in [-0.25, -0.2) is 0 Å². The molecule has 2 N–H and O–H groups in total. The summed E-state index contributed by atoms with van der Waals surface area (Å²) < 4.78 is 0. The molecule has 0 aromatic heterocycles. The first kappa shape index (κ1) is 13.4. The smallest absolute Gasteiger partial charge is 0.0314 e. The molecule has 2 heteroatoms. The van der Waals surface area contributed by atoms with Crippen molar-refractivity contribution in [3.63, 3.8) is 0 Å². The van der Waals surface area contributed by atoms with Crippen LogP contribution >= 0.6 is 0 Å². The van der Waals surface area contributed by atoms with E-state index < -0.39 is 0 Å². The Hall–Kier alpha value is -1.02. The number of likely N-dealkylation sites (tertiary alicyclic amines) is 1. The lowest BCUT2D eigenvalue weighted by Gasteiger charge is -2.33. The Morgan fingerprint density at radius 3 is 2.33 bits per heavy atom. The minimum atomic E-state index is 0.790. The van der Waals surface area contributed by atoms with Gasteiger partial charge in [-0.05, 0) is 61.9 Å². The average Bonchev–Trinajstić information content (AvgIpc) is 2.34. The Bertz CT molecular complexity index is 348. The molecule has 2 nitrogen and oxygen atoms in total. The highest BCUT2D eigenvalue weighted by molar-refractivity contribution is 5.39. The van der Waals surface area contributed by atoms with Gasteiger partial charge < -0.3 is 10.6 Å². The van der Waals surface area contributed by atoms with Crippen LogP contribution in [0.15, 0.2) is 24.3 Å². The molecule has 1 aromatic rings. The first-order chi connectivity index (χ1) is 8.63. The number of anilines is 1. The van der Waals surface area contributed by atoms with E-state index in [1.54, 1.807) is 0 Å². The molecule has 1 aliphatic rings. The van der Waals surface area contributed by atoms with E-state index >= 15 is 0 Å². The lowest BCUT2D eigenvalue weighted by atomic mass is 9.90. The fourth-order valence-electron chi connectivity index (χ4n) is 2.88. The van der Waals surface area contributed by atoms with Crippen LogP contribution in [0.1, 0.15) is 32.3 Å². The molecule has 18 heavy (non-hydrogen) atoms. The Morgan fingerprint density at radius 1 is 1.17 bits per heavy atom. The number of hydrogen-bond acceptors (Lipinski definition) is 2. The fraction of sp³-hybridized carbons (Fsp3) is 0.625. The van der Waals surface area contributed by atoms with E-state index in [4.69, 9.17) is 5.73 Å². The van der Waals surface area contributed by atoms with E-state index in [1.165, 1.54) is 44.5 Å². The standard InChI is InChI=1S/C16H26N2/c1-13(2)12-18-9-7-15(8-10-18)11-14-3-5-16(17)6-4-14/h3-6,13,15H,7-12,17H2,1-2H3. The van der Waals surface area contributed by atoms with Crippen LogP contribution < -0.4 is 5.73 Å². The lowest BCUT2D eigenvalue weighted by molar-refractivity contribution is 0.167. The third kappa shape index (κ3) is 4.02. The largest absolute Gasteiger partial charge is 0.399 e. The van der Waals surface area contributed by atoms with Crippen LogP contribution in [-0.2, 0) is 6.42 Å². The maximum absolute atomic E-state index is 5.72. The summed E-state index contributed by atoms with van der Waals surface area (Å²) in [5.41, 5.74) is 8.02. The zero-order valence-corrected chi connectivity index (χ0v) is 11.7. The molecule has 1 fully saturated rings. The molecule has 0 saturated carbocycles. The minimum absolute atomic E-state index is 0.790. The quantitative estimate of drug-likeness (QED) is 0.827. The zero-order chi connectivity index (χ0) is 13.0. The third-order valence-electron chi connectivity index (χ3n) is 3.83. The Balaban J connectivity index is 1.78. The summed E-state index contributed by atoms with van der Waals surface area (Å²) in [7, 11) is 0. The van der Waals surface area contributed by atoms with Crippen molar-refractivity contribution in [2.24, 2.45) is 11.8 Å². The number of hydrogen-bond donors (Lipinski definition) is 1. The number of piperidine rings is 1. The van der Waals surface area contributed by atoms with Crippen LogP contribution in [0.2, 0.25) is 0 Å². The van der Waals surface area contributed by atoms with Gasteiger partial charge in [-0.3, -0.25) is 0 Å². The van der Waals surface area contributed by atoms with Crippen LogP contribution in [-0.4, -0.2) is 24.5 Å². The van der Waals surface area contributed by atoms with Gasteiger partial charge in [0.1, 0.15) is 0 Å². The third-order valence-corrected chi connectivity index (χ3v) is 3.83. The highest BCUT2D eigenvalue weighted by Crippen LogP contribution is 2.22. The minimum Gasteiger partial charge on any atom is -0.399 e. The maximum atomic E-state index is 5.72. The molecule has 0 unspecified atom stereocenters. The van der Waals surface area contributed by atoms with Crippen molar-refractivity contribution in [2.75, 3.05) is 25.4 Å². The van der Waals surface area contributed by atoms with Crippen molar-refractivity contribution < 1.29 is 0 Å². The lowest BCUT2D eigenvalue weighted by Crippen LogP contribution is -2.36. The summed E-state index contributed by atoms with van der Waals surface area (Å²) in [4.78, 5) is 2.62. The van der Waals surface area contributed by atoms with Gasteiger partial charge in [0.2, 0.25) is 0 Å². The molecule has 1 heterocycles. The van der Waals surface area contributed by atoms with Gasteiger partial charge >= 0.3 is 0 Å². The van der Waals surface area contributed by atoms with Crippen molar-refractivity contribution in [1.82, 2.24) is 4.90 Å². The second kappa shape index (κ2) is 6.24. The monoisotopic (exact) mass is 246 g/mol. The molecule has 0 atom stereocenters. The molecular formula is C16H26N2.